The van der Waals surface area contributed by atoms with Crippen molar-refractivity contribution in [2.75, 3.05) is 20.8 Å². The number of nitrogens with zero attached hydrogens (tertiary/aromatic N) is 1. The lowest BCUT2D eigenvalue weighted by Crippen LogP contribution is -2.32. The van der Waals surface area contributed by atoms with Gasteiger partial charge in [0.1, 0.15) is 11.5 Å². The zero-order chi connectivity index (χ0) is 20.8. The number of benzene rings is 1. The molecule has 1 aliphatic heterocycles. The average Bonchev–Trinajstić information content (AvgIpc) is 2.91. The molecule has 0 fully saturated rings. The molecule has 28 heavy (non-hydrogen) atoms. The smallest absolute Gasteiger partial charge is 0.303 e. The minimum atomic E-state index is -0.865. The van der Waals surface area contributed by atoms with E-state index in [1.54, 1.807) is 18.2 Å². The number of Topliss-reactive ketones (excluding diaryl/α,β-unsaturated/α-hetero) is 1. The standard InChI is InChI=1S/C20H25NO7/c1-12(22)17-18(14-9-8-13(27-2)11-15(14)28-3)21(20(26)19(17)25)10-6-4-5-7-16(23)24/h8-9,11,18,25H,4-7,10H2,1-3H3,(H,23,24). The van der Waals surface area contributed by atoms with E-state index in [2.05, 4.69) is 0 Å². The first kappa shape index (κ1) is 21.3. The van der Waals surface area contributed by atoms with Crippen LogP contribution in [0.2, 0.25) is 0 Å². The van der Waals surface area contributed by atoms with Gasteiger partial charge in [-0.1, -0.05) is 6.42 Å². The summed E-state index contributed by atoms with van der Waals surface area (Å²) >= 11 is 0. The third kappa shape index (κ3) is 4.44. The van der Waals surface area contributed by atoms with Crippen molar-refractivity contribution in [3.63, 3.8) is 0 Å². The molecular weight excluding hydrogens is 366 g/mol. The summed E-state index contributed by atoms with van der Waals surface area (Å²) in [4.78, 5) is 36.8. The van der Waals surface area contributed by atoms with Gasteiger partial charge in [-0.2, -0.15) is 0 Å². The van der Waals surface area contributed by atoms with Gasteiger partial charge in [0.05, 0.1) is 25.8 Å². The summed E-state index contributed by atoms with van der Waals surface area (Å²) in [7, 11) is 2.99. The monoisotopic (exact) mass is 391 g/mol. The summed E-state index contributed by atoms with van der Waals surface area (Å²) < 4.78 is 10.6. The molecule has 1 aliphatic rings. The third-order valence-electron chi connectivity index (χ3n) is 4.71. The van der Waals surface area contributed by atoms with E-state index < -0.39 is 29.5 Å². The fourth-order valence-corrected chi connectivity index (χ4v) is 3.35. The fourth-order valence-electron chi connectivity index (χ4n) is 3.35. The molecule has 1 atom stereocenters. The fraction of sp³-hybridized carbons (Fsp3) is 0.450. The van der Waals surface area contributed by atoms with E-state index in [1.165, 1.54) is 26.0 Å². The highest BCUT2D eigenvalue weighted by molar-refractivity contribution is 6.08. The molecule has 8 nitrogen and oxygen atoms in total. The number of hydrogen-bond acceptors (Lipinski definition) is 6. The Kier molecular flexibility index (Phi) is 7.03. The van der Waals surface area contributed by atoms with Gasteiger partial charge in [0.25, 0.3) is 5.91 Å². The number of unbranched alkanes of at least 4 members (excludes halogenated alkanes) is 2. The number of aliphatic hydroxyl groups is 1. The van der Waals surface area contributed by atoms with E-state index in [0.29, 0.717) is 36.3 Å². The maximum atomic E-state index is 12.6. The van der Waals surface area contributed by atoms with Gasteiger partial charge in [0.2, 0.25) is 0 Å². The summed E-state index contributed by atoms with van der Waals surface area (Å²) in [5.74, 6) is -1.45. The highest BCUT2D eigenvalue weighted by atomic mass is 16.5. The molecule has 1 unspecified atom stereocenters. The molecule has 0 saturated heterocycles. The highest BCUT2D eigenvalue weighted by Crippen LogP contribution is 2.42. The Morgan fingerprint density at radius 1 is 1.14 bits per heavy atom. The Bertz CT molecular complexity index is 800. The van der Waals surface area contributed by atoms with Gasteiger partial charge in [-0.15, -0.1) is 0 Å². The van der Waals surface area contributed by atoms with Crippen molar-refractivity contribution in [3.8, 4) is 11.5 Å². The van der Waals surface area contributed by atoms with Crippen LogP contribution in [0.25, 0.3) is 0 Å². The molecule has 0 spiro atoms. The molecule has 0 radical (unpaired) electrons. The van der Waals surface area contributed by atoms with Crippen molar-refractivity contribution in [1.82, 2.24) is 4.90 Å². The van der Waals surface area contributed by atoms with E-state index in [1.807, 2.05) is 0 Å². The van der Waals surface area contributed by atoms with Crippen LogP contribution in [0.5, 0.6) is 11.5 Å². The third-order valence-corrected chi connectivity index (χ3v) is 4.71. The van der Waals surface area contributed by atoms with E-state index in [4.69, 9.17) is 14.6 Å². The maximum Gasteiger partial charge on any atom is 0.303 e. The van der Waals surface area contributed by atoms with Crippen LogP contribution in [-0.4, -0.2) is 53.5 Å². The van der Waals surface area contributed by atoms with Crippen LogP contribution in [-0.2, 0) is 14.4 Å². The van der Waals surface area contributed by atoms with Crippen molar-refractivity contribution >= 4 is 17.7 Å². The Morgan fingerprint density at radius 2 is 1.86 bits per heavy atom. The van der Waals surface area contributed by atoms with Gasteiger partial charge in [-0.05, 0) is 31.9 Å². The number of hydrogen-bond donors (Lipinski definition) is 2. The number of amides is 1. The zero-order valence-electron chi connectivity index (χ0n) is 16.2. The van der Waals surface area contributed by atoms with Gasteiger partial charge >= 0.3 is 5.97 Å². The first-order chi connectivity index (χ1) is 13.3. The number of aliphatic hydroxyl groups excluding tert-OH is 1. The predicted molar refractivity (Wildman–Crippen MR) is 100 cm³/mol. The zero-order valence-corrected chi connectivity index (χ0v) is 16.2. The maximum absolute atomic E-state index is 12.6. The molecule has 0 aliphatic carbocycles. The Labute approximate surface area is 163 Å². The molecule has 1 aromatic rings. The second kappa shape index (κ2) is 9.25. The van der Waals surface area contributed by atoms with Gasteiger partial charge in [-0.3, -0.25) is 14.4 Å². The number of ether oxygens (including phenoxy) is 2. The van der Waals surface area contributed by atoms with Crippen LogP contribution < -0.4 is 9.47 Å². The second-order valence-electron chi connectivity index (χ2n) is 6.53. The van der Waals surface area contributed by atoms with Gasteiger partial charge in [0.15, 0.2) is 11.5 Å². The van der Waals surface area contributed by atoms with Crippen molar-refractivity contribution < 1.29 is 34.1 Å². The first-order valence-electron chi connectivity index (χ1n) is 9.00. The number of carboxylic acid groups (broad SMARTS) is 1. The molecule has 1 amide bonds. The second-order valence-corrected chi connectivity index (χ2v) is 6.53. The minimum absolute atomic E-state index is 0.0269. The van der Waals surface area contributed by atoms with Crippen LogP contribution in [0.15, 0.2) is 29.5 Å². The number of aliphatic carboxylic acids is 1. The summed E-state index contributed by atoms with van der Waals surface area (Å²) in [6.45, 7) is 1.58. The largest absolute Gasteiger partial charge is 0.503 e. The number of rotatable bonds is 10. The molecule has 0 aromatic heterocycles. The summed E-state index contributed by atoms with van der Waals surface area (Å²) in [6.07, 6.45) is 1.71. The van der Waals surface area contributed by atoms with Gasteiger partial charge in [-0.25, -0.2) is 0 Å². The number of carboxylic acids is 1. The van der Waals surface area contributed by atoms with Crippen LogP contribution in [0.1, 0.15) is 44.2 Å². The molecule has 1 heterocycles. The molecule has 0 bridgehead atoms. The van der Waals surface area contributed by atoms with Crippen molar-refractivity contribution in [2.45, 2.75) is 38.6 Å². The van der Waals surface area contributed by atoms with E-state index >= 15 is 0 Å². The van der Waals surface area contributed by atoms with E-state index in [0.717, 1.165) is 0 Å². The Hall–Kier alpha value is -3.03. The number of methoxy groups -OCH3 is 2. The molecular formula is C20H25NO7. The number of ketones is 1. The summed E-state index contributed by atoms with van der Waals surface area (Å²) in [5, 5.41) is 19.0. The SMILES string of the molecule is COc1ccc(C2C(C(C)=O)=C(O)C(=O)N2CCCCCC(=O)O)c(OC)c1. The lowest BCUT2D eigenvalue weighted by atomic mass is 9.95. The van der Waals surface area contributed by atoms with Crippen LogP contribution in [0, 0.1) is 0 Å². The van der Waals surface area contributed by atoms with Crippen molar-refractivity contribution in [2.24, 2.45) is 0 Å². The van der Waals surface area contributed by atoms with Crippen molar-refractivity contribution in [1.29, 1.82) is 0 Å². The lowest BCUT2D eigenvalue weighted by molar-refractivity contribution is -0.137. The van der Waals surface area contributed by atoms with Crippen LogP contribution in [0.3, 0.4) is 0 Å². The molecule has 8 heteroatoms. The van der Waals surface area contributed by atoms with Gasteiger partial charge in [0, 0.05) is 24.6 Å². The van der Waals surface area contributed by atoms with E-state index in [-0.39, 0.29) is 18.5 Å². The summed E-state index contributed by atoms with van der Waals surface area (Å²) in [6, 6.07) is 4.28. The lowest BCUT2D eigenvalue weighted by Gasteiger charge is -2.28. The summed E-state index contributed by atoms with van der Waals surface area (Å²) in [5.41, 5.74) is 0.593. The Balaban J connectivity index is 2.33. The van der Waals surface area contributed by atoms with Crippen LogP contribution in [0.4, 0.5) is 0 Å². The average molecular weight is 391 g/mol. The number of carbonyl (C=O) groups excluding carboxylic acids is 2. The predicted octanol–water partition coefficient (Wildman–Crippen LogP) is 2.63. The van der Waals surface area contributed by atoms with Crippen molar-refractivity contribution in [3.05, 3.63) is 35.1 Å². The topological polar surface area (TPSA) is 113 Å². The minimum Gasteiger partial charge on any atom is -0.503 e. The molecule has 2 rings (SSSR count). The number of carbonyl (C=O) groups is 3. The molecule has 1 aromatic carbocycles. The van der Waals surface area contributed by atoms with Crippen LogP contribution >= 0.6 is 0 Å². The molecule has 152 valence electrons. The Morgan fingerprint density at radius 3 is 2.43 bits per heavy atom. The van der Waals surface area contributed by atoms with E-state index in [9.17, 15) is 19.5 Å². The first-order valence-corrected chi connectivity index (χ1v) is 9.00. The normalized spacial score (nSPS) is 16.5. The highest BCUT2D eigenvalue weighted by Gasteiger charge is 2.43. The molecule has 2 N–H and O–H groups in total. The van der Waals surface area contributed by atoms with Gasteiger partial charge < -0.3 is 24.6 Å². The quantitative estimate of drug-likeness (QED) is 0.589. The molecule has 0 saturated carbocycles.